The molecule has 3 heterocycles. The van der Waals surface area contributed by atoms with Gasteiger partial charge >= 0.3 is 6.18 Å². The molecule has 13 heteroatoms. The fraction of sp³-hybridized carbons (Fsp3) is 0.429. The monoisotopic (exact) mass is 499 g/mol. The van der Waals surface area contributed by atoms with Gasteiger partial charge in [0.1, 0.15) is 27.3 Å². The van der Waals surface area contributed by atoms with Gasteiger partial charge in [0.2, 0.25) is 0 Å². The molecule has 1 fully saturated rings. The number of aliphatic hydroxyl groups excluding tert-OH is 1. The molecule has 6 N–H and O–H groups in total. The minimum Gasteiger partial charge on any atom is -0.389 e. The second-order valence-corrected chi connectivity index (χ2v) is 9.22. The molecule has 1 aliphatic heterocycles. The minimum atomic E-state index is -4.64. The third-order valence-electron chi connectivity index (χ3n) is 5.74. The van der Waals surface area contributed by atoms with Gasteiger partial charge in [-0.2, -0.15) is 18.3 Å². The summed E-state index contributed by atoms with van der Waals surface area (Å²) in [7, 11) is 1.78. The van der Waals surface area contributed by atoms with E-state index >= 15 is 0 Å². The van der Waals surface area contributed by atoms with E-state index in [2.05, 4.69) is 20.3 Å². The Morgan fingerprint density at radius 2 is 2.03 bits per heavy atom. The summed E-state index contributed by atoms with van der Waals surface area (Å²) in [5.74, 6) is -0.115. The number of aliphatic hydroxyl groups is 1. The van der Waals surface area contributed by atoms with Crippen LogP contribution in [0.1, 0.15) is 36.7 Å². The van der Waals surface area contributed by atoms with Crippen molar-refractivity contribution in [1.29, 1.82) is 0 Å². The molecule has 0 amide bonds. The first kappa shape index (κ1) is 24.2. The summed E-state index contributed by atoms with van der Waals surface area (Å²) in [6.07, 6.45) is -1.82. The second-order valence-electron chi connectivity index (χ2n) is 8.19. The molecule has 0 bridgehead atoms. The standard InChI is InChI=1S/C21H25F4N7OS/c1-31-20(32-7-2-3-12(26)6-8-32)15(10-28-31)29-18(33)16-17(27)34-19(30-16)13-9-11(21(23,24)25)4-5-14(13)22/h4-5,9-10,12,18,29,33H,2-3,6-8,26-27H2,1H3/t12-,18?/m1/s1. The highest BCUT2D eigenvalue weighted by atomic mass is 32.1. The van der Waals surface area contributed by atoms with Gasteiger partial charge in [-0.25, -0.2) is 9.37 Å². The van der Waals surface area contributed by atoms with Crippen molar-refractivity contribution in [2.24, 2.45) is 12.8 Å². The number of nitrogens with zero attached hydrogens (tertiary/aromatic N) is 4. The van der Waals surface area contributed by atoms with E-state index in [1.807, 2.05) is 0 Å². The highest BCUT2D eigenvalue weighted by Crippen LogP contribution is 2.38. The van der Waals surface area contributed by atoms with Gasteiger partial charge in [0, 0.05) is 31.7 Å². The largest absolute Gasteiger partial charge is 0.416 e. The number of rotatable bonds is 5. The van der Waals surface area contributed by atoms with Gasteiger partial charge in [-0.15, -0.1) is 0 Å². The van der Waals surface area contributed by atoms with Crippen LogP contribution in [0.2, 0.25) is 0 Å². The number of hydrogen-bond donors (Lipinski definition) is 4. The zero-order chi connectivity index (χ0) is 24.6. The average molecular weight is 500 g/mol. The van der Waals surface area contributed by atoms with Crippen LogP contribution < -0.4 is 21.7 Å². The fourth-order valence-corrected chi connectivity index (χ4v) is 4.86. The lowest BCUT2D eigenvalue weighted by molar-refractivity contribution is -0.137. The van der Waals surface area contributed by atoms with E-state index in [9.17, 15) is 22.7 Å². The number of anilines is 3. The maximum Gasteiger partial charge on any atom is 0.416 e. The molecular formula is C21H25F4N7OS. The van der Waals surface area contributed by atoms with Gasteiger partial charge in [-0.3, -0.25) is 4.68 Å². The summed E-state index contributed by atoms with van der Waals surface area (Å²) in [4.78, 5) is 6.28. The second kappa shape index (κ2) is 9.39. The van der Waals surface area contributed by atoms with Crippen LogP contribution in [0.4, 0.5) is 34.1 Å². The number of benzene rings is 1. The van der Waals surface area contributed by atoms with E-state index in [4.69, 9.17) is 11.5 Å². The van der Waals surface area contributed by atoms with Crippen molar-refractivity contribution in [2.45, 2.75) is 37.7 Å². The molecule has 4 rings (SSSR count). The molecule has 0 saturated carbocycles. The number of nitrogens with one attached hydrogen (secondary N) is 1. The molecule has 1 unspecified atom stereocenters. The first-order valence-electron chi connectivity index (χ1n) is 10.6. The van der Waals surface area contributed by atoms with Crippen LogP contribution in [0.3, 0.4) is 0 Å². The van der Waals surface area contributed by atoms with E-state index in [0.29, 0.717) is 17.8 Å². The SMILES string of the molecule is Cn1ncc(NC(O)c2nc(-c3cc(C(F)(F)F)ccc3F)sc2N)c1N1CCC[C@@H](N)CC1. The predicted molar refractivity (Wildman–Crippen MR) is 123 cm³/mol. The van der Waals surface area contributed by atoms with Crippen LogP contribution >= 0.6 is 11.3 Å². The number of hydrogen-bond acceptors (Lipinski definition) is 8. The fourth-order valence-electron chi connectivity index (χ4n) is 3.98. The van der Waals surface area contributed by atoms with Crippen molar-refractivity contribution in [2.75, 3.05) is 29.0 Å². The molecular weight excluding hydrogens is 474 g/mol. The Kier molecular flexibility index (Phi) is 6.69. The van der Waals surface area contributed by atoms with Crippen LogP contribution in [0.25, 0.3) is 10.6 Å². The molecule has 8 nitrogen and oxygen atoms in total. The number of thiazole rings is 1. The molecule has 0 spiro atoms. The summed E-state index contributed by atoms with van der Waals surface area (Å²) in [5.41, 5.74) is 11.3. The summed E-state index contributed by atoms with van der Waals surface area (Å²) in [6.45, 7) is 1.50. The van der Waals surface area contributed by atoms with E-state index in [1.54, 1.807) is 17.9 Å². The Hall–Kier alpha value is -2.90. The molecule has 3 aromatic rings. The van der Waals surface area contributed by atoms with Crippen LogP contribution in [-0.2, 0) is 13.2 Å². The Labute approximate surface area is 197 Å². The van der Waals surface area contributed by atoms with Gasteiger partial charge < -0.3 is 26.8 Å². The highest BCUT2D eigenvalue weighted by Gasteiger charge is 2.32. The maximum atomic E-state index is 14.3. The van der Waals surface area contributed by atoms with E-state index in [1.165, 1.54) is 0 Å². The molecule has 1 saturated heterocycles. The topological polar surface area (TPSA) is 118 Å². The van der Waals surface area contributed by atoms with Crippen LogP contribution in [0.15, 0.2) is 24.4 Å². The third kappa shape index (κ3) is 4.95. The number of aryl methyl sites for hydroxylation is 1. The Balaban J connectivity index is 1.59. The smallest absolute Gasteiger partial charge is 0.389 e. The van der Waals surface area contributed by atoms with E-state index < -0.39 is 23.8 Å². The molecule has 1 aliphatic rings. The number of aromatic nitrogens is 3. The van der Waals surface area contributed by atoms with Crippen molar-refractivity contribution in [3.63, 3.8) is 0 Å². The van der Waals surface area contributed by atoms with Crippen LogP contribution in [0.5, 0.6) is 0 Å². The Morgan fingerprint density at radius 3 is 2.76 bits per heavy atom. The zero-order valence-electron chi connectivity index (χ0n) is 18.3. The summed E-state index contributed by atoms with van der Waals surface area (Å²) in [5, 5.41) is 18.0. The zero-order valence-corrected chi connectivity index (χ0v) is 19.1. The highest BCUT2D eigenvalue weighted by molar-refractivity contribution is 7.18. The molecule has 0 aliphatic carbocycles. The predicted octanol–water partition coefficient (Wildman–Crippen LogP) is 3.70. The summed E-state index contributed by atoms with van der Waals surface area (Å²) in [6, 6.07) is 2.21. The number of alkyl halides is 3. The van der Waals surface area contributed by atoms with Crippen LogP contribution in [-0.4, -0.2) is 39.0 Å². The van der Waals surface area contributed by atoms with Crippen LogP contribution in [0, 0.1) is 5.82 Å². The molecule has 0 radical (unpaired) electrons. The lowest BCUT2D eigenvalue weighted by Crippen LogP contribution is -2.29. The van der Waals surface area contributed by atoms with Crippen molar-refractivity contribution in [3.8, 4) is 10.6 Å². The quantitative estimate of drug-likeness (QED) is 0.312. The average Bonchev–Trinajstić information content (AvgIpc) is 3.24. The minimum absolute atomic E-state index is 0.00972. The van der Waals surface area contributed by atoms with E-state index in [0.717, 1.165) is 55.6 Å². The first-order valence-corrected chi connectivity index (χ1v) is 11.5. The lowest BCUT2D eigenvalue weighted by Gasteiger charge is -2.25. The number of nitrogens with two attached hydrogens (primary N) is 2. The van der Waals surface area contributed by atoms with Crippen molar-refractivity contribution < 1.29 is 22.7 Å². The Morgan fingerprint density at radius 1 is 1.26 bits per heavy atom. The summed E-state index contributed by atoms with van der Waals surface area (Å²) >= 11 is 0.794. The molecule has 34 heavy (non-hydrogen) atoms. The van der Waals surface area contributed by atoms with Crippen molar-refractivity contribution >= 4 is 27.8 Å². The molecule has 184 valence electrons. The normalized spacial score (nSPS) is 18.1. The van der Waals surface area contributed by atoms with Gasteiger partial charge in [-0.05, 0) is 37.5 Å². The van der Waals surface area contributed by atoms with Gasteiger partial charge in [-0.1, -0.05) is 11.3 Å². The number of halogens is 4. The van der Waals surface area contributed by atoms with Gasteiger partial charge in [0.05, 0.1) is 17.4 Å². The van der Waals surface area contributed by atoms with Crippen molar-refractivity contribution in [3.05, 3.63) is 41.5 Å². The lowest BCUT2D eigenvalue weighted by atomic mass is 10.1. The Bertz CT molecular complexity index is 1160. The summed E-state index contributed by atoms with van der Waals surface area (Å²) < 4.78 is 55.2. The number of nitrogen functional groups attached to an aromatic ring is 1. The van der Waals surface area contributed by atoms with Gasteiger partial charge in [0.25, 0.3) is 0 Å². The third-order valence-corrected chi connectivity index (χ3v) is 6.67. The first-order chi connectivity index (χ1) is 16.0. The van der Waals surface area contributed by atoms with E-state index in [-0.39, 0.29) is 27.3 Å². The molecule has 2 atom stereocenters. The van der Waals surface area contributed by atoms with Crippen molar-refractivity contribution in [1.82, 2.24) is 14.8 Å². The van der Waals surface area contributed by atoms with Gasteiger partial charge in [0.15, 0.2) is 6.23 Å². The molecule has 2 aromatic heterocycles. The molecule has 1 aromatic carbocycles. The maximum absolute atomic E-state index is 14.3.